The van der Waals surface area contributed by atoms with E-state index in [1.807, 2.05) is 0 Å². The predicted molar refractivity (Wildman–Crippen MR) is 44.3 cm³/mol. The van der Waals surface area contributed by atoms with E-state index in [1.165, 1.54) is 0 Å². The first-order chi connectivity index (χ1) is 5.70. The Morgan fingerprint density at radius 3 is 2.50 bits per heavy atom. The number of aryl methyl sites for hydroxylation is 1. The van der Waals surface area contributed by atoms with E-state index in [-0.39, 0.29) is 11.1 Å². The maximum Gasteiger partial charge on any atom is 0.286 e. The van der Waals surface area contributed by atoms with Gasteiger partial charge in [-0.15, -0.1) is 0 Å². The first kappa shape index (κ1) is 6.90. The van der Waals surface area contributed by atoms with Crippen molar-refractivity contribution in [2.45, 2.75) is 6.92 Å². The molecule has 3 N–H and O–H groups in total. The van der Waals surface area contributed by atoms with Crippen LogP contribution >= 0.6 is 0 Å². The molecule has 0 aliphatic carbocycles. The van der Waals surface area contributed by atoms with Crippen molar-refractivity contribution in [3.05, 3.63) is 32.5 Å². The second-order valence-electron chi connectivity index (χ2n) is 2.63. The van der Waals surface area contributed by atoms with Gasteiger partial charge < -0.3 is 4.98 Å². The number of hydrogen-bond acceptors (Lipinski definition) is 2. The Morgan fingerprint density at radius 2 is 1.83 bits per heavy atom. The van der Waals surface area contributed by atoms with Gasteiger partial charge in [0.15, 0.2) is 0 Å². The zero-order chi connectivity index (χ0) is 8.72. The van der Waals surface area contributed by atoms with E-state index in [0.29, 0.717) is 10.9 Å². The molecule has 0 fully saturated rings. The molecule has 2 heterocycles. The summed E-state index contributed by atoms with van der Waals surface area (Å²) in [7, 11) is 0. The van der Waals surface area contributed by atoms with Crippen LogP contribution in [-0.2, 0) is 0 Å². The van der Waals surface area contributed by atoms with Gasteiger partial charge in [-0.1, -0.05) is 0 Å². The van der Waals surface area contributed by atoms with E-state index in [9.17, 15) is 9.59 Å². The van der Waals surface area contributed by atoms with Crippen LogP contribution in [0.2, 0.25) is 0 Å². The molecule has 5 heteroatoms. The topological polar surface area (TPSA) is 81.5 Å². The van der Waals surface area contributed by atoms with Gasteiger partial charge in [0, 0.05) is 6.20 Å². The van der Waals surface area contributed by atoms with Crippen LogP contribution in [0.25, 0.3) is 10.9 Å². The van der Waals surface area contributed by atoms with E-state index in [0.717, 1.165) is 5.56 Å². The second-order valence-corrected chi connectivity index (χ2v) is 2.63. The van der Waals surface area contributed by atoms with Gasteiger partial charge in [-0.2, -0.15) is 0 Å². The summed E-state index contributed by atoms with van der Waals surface area (Å²) in [5.74, 6) is 0. The van der Waals surface area contributed by atoms with E-state index >= 15 is 0 Å². The van der Waals surface area contributed by atoms with Gasteiger partial charge in [-0.05, 0) is 12.5 Å². The highest BCUT2D eigenvalue weighted by molar-refractivity contribution is 5.80. The Hall–Kier alpha value is -1.78. The zero-order valence-electron chi connectivity index (χ0n) is 6.39. The zero-order valence-corrected chi connectivity index (χ0v) is 6.39. The van der Waals surface area contributed by atoms with Crippen LogP contribution in [0.1, 0.15) is 5.56 Å². The summed E-state index contributed by atoms with van der Waals surface area (Å²) < 4.78 is 0. The smallest absolute Gasteiger partial charge is 0.286 e. The monoisotopic (exact) mass is 165 g/mol. The number of hydrogen-bond donors (Lipinski definition) is 3. The molecule has 0 saturated heterocycles. The molecule has 0 saturated carbocycles. The lowest BCUT2D eigenvalue weighted by Crippen LogP contribution is -2.18. The molecule has 5 nitrogen and oxygen atoms in total. The average molecular weight is 165 g/mol. The Bertz CT molecular complexity index is 531. The summed E-state index contributed by atoms with van der Waals surface area (Å²) in [6.07, 6.45) is 1.63. The van der Waals surface area contributed by atoms with Crippen LogP contribution in [0.3, 0.4) is 0 Å². The lowest BCUT2D eigenvalue weighted by molar-refractivity contribution is 0.973. The van der Waals surface area contributed by atoms with Crippen LogP contribution in [0.5, 0.6) is 0 Å². The quantitative estimate of drug-likeness (QED) is 0.507. The summed E-state index contributed by atoms with van der Waals surface area (Å²) >= 11 is 0. The van der Waals surface area contributed by atoms with Crippen molar-refractivity contribution < 1.29 is 0 Å². The highest BCUT2D eigenvalue weighted by Gasteiger charge is 2.05. The van der Waals surface area contributed by atoms with Crippen molar-refractivity contribution in [3.8, 4) is 0 Å². The SMILES string of the molecule is Cc1c[nH]c2c(=O)[nH][nH]c(=O)c12. The normalized spacial score (nSPS) is 10.8. The van der Waals surface area contributed by atoms with Crippen molar-refractivity contribution in [2.24, 2.45) is 0 Å². The first-order valence-corrected chi connectivity index (χ1v) is 3.49. The molecule has 0 atom stereocenters. The van der Waals surface area contributed by atoms with Crippen molar-refractivity contribution in [2.75, 3.05) is 0 Å². The number of fused-ring (bicyclic) bond motifs is 1. The third kappa shape index (κ3) is 0.730. The van der Waals surface area contributed by atoms with E-state index in [2.05, 4.69) is 15.2 Å². The van der Waals surface area contributed by atoms with Gasteiger partial charge in [0.05, 0.1) is 5.39 Å². The largest absolute Gasteiger partial charge is 0.356 e. The lowest BCUT2D eigenvalue weighted by atomic mass is 10.2. The molecule has 12 heavy (non-hydrogen) atoms. The first-order valence-electron chi connectivity index (χ1n) is 3.49. The van der Waals surface area contributed by atoms with Gasteiger partial charge in [-0.3, -0.25) is 19.8 Å². The predicted octanol–water partition coefficient (Wildman–Crippen LogP) is -0.147. The Labute approximate surface area is 66.4 Å². The number of rotatable bonds is 0. The molecular formula is C7H7N3O2. The molecule has 0 aliphatic rings. The number of aromatic nitrogens is 3. The minimum atomic E-state index is -0.308. The van der Waals surface area contributed by atoms with Crippen molar-refractivity contribution in [3.63, 3.8) is 0 Å². The highest BCUT2D eigenvalue weighted by Crippen LogP contribution is 2.06. The summed E-state index contributed by atoms with van der Waals surface area (Å²) in [5.41, 5.74) is 0.523. The van der Waals surface area contributed by atoms with Gasteiger partial charge >= 0.3 is 0 Å². The molecule has 0 amide bonds. The fourth-order valence-electron chi connectivity index (χ4n) is 1.23. The van der Waals surface area contributed by atoms with Crippen LogP contribution in [-0.4, -0.2) is 15.2 Å². The van der Waals surface area contributed by atoms with Crippen molar-refractivity contribution >= 4 is 10.9 Å². The maximum atomic E-state index is 11.2. The van der Waals surface area contributed by atoms with Gasteiger partial charge in [0.2, 0.25) is 0 Å². The Morgan fingerprint density at radius 1 is 1.17 bits per heavy atom. The minimum Gasteiger partial charge on any atom is -0.356 e. The number of aromatic amines is 3. The molecule has 0 unspecified atom stereocenters. The minimum absolute atomic E-state index is 0.275. The van der Waals surface area contributed by atoms with Crippen LogP contribution in [0.15, 0.2) is 15.8 Å². The maximum absolute atomic E-state index is 11.2. The molecule has 0 spiro atoms. The van der Waals surface area contributed by atoms with Crippen LogP contribution < -0.4 is 11.1 Å². The number of H-pyrrole nitrogens is 3. The molecule has 0 aromatic carbocycles. The van der Waals surface area contributed by atoms with Crippen molar-refractivity contribution in [1.82, 2.24) is 15.2 Å². The molecule has 2 rings (SSSR count). The molecule has 0 radical (unpaired) electrons. The summed E-state index contributed by atoms with van der Waals surface area (Å²) in [6, 6.07) is 0. The third-order valence-corrected chi connectivity index (χ3v) is 1.82. The second kappa shape index (κ2) is 2.10. The van der Waals surface area contributed by atoms with E-state index < -0.39 is 0 Å². The number of nitrogens with one attached hydrogen (secondary N) is 3. The Kier molecular flexibility index (Phi) is 1.21. The lowest BCUT2D eigenvalue weighted by Gasteiger charge is -1.87. The van der Waals surface area contributed by atoms with E-state index in [4.69, 9.17) is 0 Å². The van der Waals surface area contributed by atoms with Crippen LogP contribution in [0, 0.1) is 6.92 Å². The molecule has 2 aromatic heterocycles. The molecule has 0 aliphatic heterocycles. The fraction of sp³-hybridized carbons (Fsp3) is 0.143. The van der Waals surface area contributed by atoms with Crippen molar-refractivity contribution in [1.29, 1.82) is 0 Å². The van der Waals surface area contributed by atoms with Gasteiger partial charge in [-0.25, -0.2) is 0 Å². The molecule has 62 valence electrons. The summed E-state index contributed by atoms with van der Waals surface area (Å²) in [5, 5.41) is 4.92. The average Bonchev–Trinajstić information content (AvgIpc) is 2.42. The molecule has 2 aromatic rings. The highest BCUT2D eigenvalue weighted by atomic mass is 16.1. The van der Waals surface area contributed by atoms with Gasteiger partial charge in [0.1, 0.15) is 5.52 Å². The summed E-state index contributed by atoms with van der Waals surface area (Å²) in [6.45, 7) is 1.77. The molecular weight excluding hydrogens is 158 g/mol. The van der Waals surface area contributed by atoms with Crippen LogP contribution in [0.4, 0.5) is 0 Å². The molecule has 0 bridgehead atoms. The summed E-state index contributed by atoms with van der Waals surface area (Å²) in [4.78, 5) is 25.0. The third-order valence-electron chi connectivity index (χ3n) is 1.82. The van der Waals surface area contributed by atoms with Gasteiger partial charge in [0.25, 0.3) is 11.1 Å². The standard InChI is InChI=1S/C7H7N3O2/c1-3-2-8-5-4(3)6(11)9-10-7(5)12/h2,8H,1H3,(H,9,11)(H,10,12). The fourth-order valence-corrected chi connectivity index (χ4v) is 1.23. The van der Waals surface area contributed by atoms with E-state index in [1.54, 1.807) is 13.1 Å². The Balaban J connectivity index is 3.20.